The topological polar surface area (TPSA) is 86.8 Å². The lowest BCUT2D eigenvalue weighted by Crippen LogP contribution is -2.53. The van der Waals surface area contributed by atoms with Gasteiger partial charge in [0.1, 0.15) is 12.6 Å². The molecule has 1 N–H and O–H groups in total. The van der Waals surface area contributed by atoms with Crippen molar-refractivity contribution in [2.24, 2.45) is 0 Å². The van der Waals surface area contributed by atoms with E-state index in [4.69, 9.17) is 11.6 Å². The average molecular weight is 610 g/mol. The molecule has 9 heteroatoms. The van der Waals surface area contributed by atoms with Crippen LogP contribution < -0.4 is 9.62 Å². The number of hydrogen-bond acceptors (Lipinski definition) is 4. The van der Waals surface area contributed by atoms with Crippen LogP contribution in [0.25, 0.3) is 0 Å². The predicted molar refractivity (Wildman–Crippen MR) is 168 cm³/mol. The number of amides is 2. The van der Waals surface area contributed by atoms with Crippen molar-refractivity contribution < 1.29 is 18.0 Å². The normalized spacial score (nSPS) is 14.4. The summed E-state index contributed by atoms with van der Waals surface area (Å²) in [4.78, 5) is 29.5. The summed E-state index contributed by atoms with van der Waals surface area (Å²) < 4.78 is 29.3. The molecule has 0 spiro atoms. The number of nitrogens with one attached hydrogen (secondary N) is 1. The first-order valence-electron chi connectivity index (χ1n) is 14.5. The Balaban J connectivity index is 1.74. The highest BCUT2D eigenvalue weighted by Gasteiger charge is 2.35. The van der Waals surface area contributed by atoms with Gasteiger partial charge in [-0.3, -0.25) is 13.9 Å². The van der Waals surface area contributed by atoms with Crippen molar-refractivity contribution in [2.45, 2.75) is 83.3 Å². The van der Waals surface area contributed by atoms with Gasteiger partial charge >= 0.3 is 0 Å². The van der Waals surface area contributed by atoms with Gasteiger partial charge in [0.05, 0.1) is 10.6 Å². The lowest BCUT2D eigenvalue weighted by molar-refractivity contribution is -0.140. The Hall–Kier alpha value is -3.36. The Bertz CT molecular complexity index is 1520. The van der Waals surface area contributed by atoms with Crippen molar-refractivity contribution in [1.82, 2.24) is 10.2 Å². The first kappa shape index (κ1) is 31.6. The molecule has 0 unspecified atom stereocenters. The van der Waals surface area contributed by atoms with Gasteiger partial charge < -0.3 is 10.2 Å². The minimum absolute atomic E-state index is 0.0755. The molecule has 0 radical (unpaired) electrons. The molecule has 1 aliphatic carbocycles. The van der Waals surface area contributed by atoms with Crippen LogP contribution in [0.5, 0.6) is 0 Å². The number of carbonyl (C=O) groups excluding carboxylic acids is 2. The fourth-order valence-corrected chi connectivity index (χ4v) is 7.25. The van der Waals surface area contributed by atoms with Gasteiger partial charge in [-0.25, -0.2) is 8.42 Å². The van der Waals surface area contributed by atoms with Gasteiger partial charge in [-0.2, -0.15) is 0 Å². The van der Waals surface area contributed by atoms with Gasteiger partial charge in [0.25, 0.3) is 10.0 Å². The number of halogens is 1. The lowest BCUT2D eigenvalue weighted by atomic mass is 10.1. The quantitative estimate of drug-likeness (QED) is 0.275. The maximum atomic E-state index is 14.3. The first-order chi connectivity index (χ1) is 20.0. The van der Waals surface area contributed by atoms with Crippen LogP contribution in [0.4, 0.5) is 5.69 Å². The van der Waals surface area contributed by atoms with Crippen molar-refractivity contribution in [2.75, 3.05) is 10.8 Å². The van der Waals surface area contributed by atoms with Crippen LogP contribution in [0.1, 0.15) is 61.3 Å². The van der Waals surface area contributed by atoms with E-state index < -0.39 is 28.5 Å². The Morgan fingerprint density at radius 3 is 2.26 bits per heavy atom. The summed E-state index contributed by atoms with van der Waals surface area (Å²) in [5, 5.41) is 3.61. The van der Waals surface area contributed by atoms with E-state index in [9.17, 15) is 18.0 Å². The summed E-state index contributed by atoms with van der Waals surface area (Å²) in [7, 11) is -4.14. The van der Waals surface area contributed by atoms with Crippen molar-refractivity contribution in [1.29, 1.82) is 0 Å². The zero-order valence-electron chi connectivity index (χ0n) is 24.8. The third-order valence-electron chi connectivity index (χ3n) is 7.84. The minimum atomic E-state index is -4.14. The molecule has 0 heterocycles. The van der Waals surface area contributed by atoms with E-state index in [1.54, 1.807) is 49.4 Å². The molecule has 7 nitrogen and oxygen atoms in total. The molecular weight excluding hydrogens is 570 g/mol. The molecule has 42 heavy (non-hydrogen) atoms. The summed E-state index contributed by atoms with van der Waals surface area (Å²) in [6.07, 6.45) is 4.37. The van der Waals surface area contributed by atoms with E-state index in [1.807, 2.05) is 45.0 Å². The summed E-state index contributed by atoms with van der Waals surface area (Å²) in [5.74, 6) is -0.670. The van der Waals surface area contributed by atoms with Crippen LogP contribution in [0, 0.1) is 20.8 Å². The molecular formula is C33H40ClN3O4S. The smallest absolute Gasteiger partial charge is 0.264 e. The third-order valence-corrected chi connectivity index (χ3v) is 9.85. The number of sulfonamides is 1. The van der Waals surface area contributed by atoms with E-state index >= 15 is 0 Å². The number of benzene rings is 3. The second-order valence-corrected chi connectivity index (χ2v) is 13.5. The van der Waals surface area contributed by atoms with Crippen molar-refractivity contribution in [3.8, 4) is 0 Å². The number of carbonyl (C=O) groups is 2. The Kier molecular flexibility index (Phi) is 10.3. The van der Waals surface area contributed by atoms with Crippen molar-refractivity contribution >= 4 is 39.1 Å². The van der Waals surface area contributed by atoms with E-state index in [1.165, 1.54) is 4.90 Å². The Labute approximate surface area is 254 Å². The van der Waals surface area contributed by atoms with Crippen LogP contribution in [-0.2, 0) is 26.2 Å². The molecule has 1 aliphatic rings. The number of anilines is 1. The van der Waals surface area contributed by atoms with Crippen LogP contribution in [0.3, 0.4) is 0 Å². The molecule has 4 rings (SSSR count). The minimum Gasteiger partial charge on any atom is -0.352 e. The molecule has 1 fully saturated rings. The first-order valence-corrected chi connectivity index (χ1v) is 16.3. The maximum Gasteiger partial charge on any atom is 0.264 e. The van der Waals surface area contributed by atoms with Crippen molar-refractivity contribution in [3.63, 3.8) is 0 Å². The van der Waals surface area contributed by atoms with Crippen LogP contribution in [0.15, 0.2) is 71.6 Å². The number of nitrogens with zero attached hydrogens (tertiary/aromatic N) is 2. The molecule has 0 aromatic heterocycles. The predicted octanol–water partition coefficient (Wildman–Crippen LogP) is 6.33. The molecule has 3 aromatic carbocycles. The zero-order valence-corrected chi connectivity index (χ0v) is 26.3. The molecule has 224 valence electrons. The van der Waals surface area contributed by atoms with E-state index in [-0.39, 0.29) is 23.4 Å². The average Bonchev–Trinajstić information content (AvgIpc) is 3.45. The van der Waals surface area contributed by atoms with Gasteiger partial charge in [0.2, 0.25) is 11.8 Å². The standard InChI is InChI=1S/C33H40ClN3O4S/c1-5-30(33(39)35-28-11-6-7-12-28)36(21-26-10-8-9-24(3)19-26)32(38)22-37(31-18-15-27(34)20-25(31)4)42(40,41)29-16-13-23(2)14-17-29/h8-10,13-20,28,30H,5-7,11-12,21-22H2,1-4H3,(H,35,39)/t30-/m0/s1. The maximum absolute atomic E-state index is 14.3. The summed E-state index contributed by atoms with van der Waals surface area (Å²) in [6.45, 7) is 7.19. The van der Waals surface area contributed by atoms with Gasteiger partial charge in [0.15, 0.2) is 0 Å². The second kappa shape index (κ2) is 13.7. The highest BCUT2D eigenvalue weighted by Crippen LogP contribution is 2.30. The zero-order chi connectivity index (χ0) is 30.4. The van der Waals surface area contributed by atoms with Gasteiger partial charge in [-0.05, 0) is 81.5 Å². The Morgan fingerprint density at radius 1 is 0.952 bits per heavy atom. The molecule has 0 aliphatic heterocycles. The van der Waals surface area contributed by atoms with E-state index in [2.05, 4.69) is 5.32 Å². The van der Waals surface area contributed by atoms with Crippen LogP contribution >= 0.6 is 11.6 Å². The number of rotatable bonds is 11. The molecule has 1 saturated carbocycles. The SMILES string of the molecule is CC[C@@H](C(=O)NC1CCCC1)N(Cc1cccc(C)c1)C(=O)CN(c1ccc(Cl)cc1C)S(=O)(=O)c1ccc(C)cc1. The molecule has 0 saturated heterocycles. The number of aryl methyl sites for hydroxylation is 3. The molecule has 1 atom stereocenters. The third kappa shape index (κ3) is 7.53. The largest absolute Gasteiger partial charge is 0.352 e. The molecule has 3 aromatic rings. The monoisotopic (exact) mass is 609 g/mol. The molecule has 0 bridgehead atoms. The second-order valence-electron chi connectivity index (χ2n) is 11.2. The highest BCUT2D eigenvalue weighted by atomic mass is 35.5. The van der Waals surface area contributed by atoms with Gasteiger partial charge in [-0.1, -0.05) is 78.9 Å². The highest BCUT2D eigenvalue weighted by molar-refractivity contribution is 7.92. The summed E-state index contributed by atoms with van der Waals surface area (Å²) >= 11 is 6.21. The van der Waals surface area contributed by atoms with Crippen LogP contribution in [0.2, 0.25) is 5.02 Å². The molecule has 2 amide bonds. The lowest BCUT2D eigenvalue weighted by Gasteiger charge is -2.34. The Morgan fingerprint density at radius 2 is 1.64 bits per heavy atom. The fraction of sp³-hybridized carbons (Fsp3) is 0.394. The number of hydrogen-bond donors (Lipinski definition) is 1. The summed E-state index contributed by atoms with van der Waals surface area (Å²) in [5.41, 5.74) is 3.78. The van der Waals surface area contributed by atoms with E-state index in [0.29, 0.717) is 22.7 Å². The van der Waals surface area contributed by atoms with Gasteiger partial charge in [0, 0.05) is 17.6 Å². The van der Waals surface area contributed by atoms with Crippen LogP contribution in [-0.4, -0.2) is 43.8 Å². The van der Waals surface area contributed by atoms with Gasteiger partial charge in [-0.15, -0.1) is 0 Å². The fourth-order valence-electron chi connectivity index (χ4n) is 5.54. The van der Waals surface area contributed by atoms with Crippen molar-refractivity contribution in [3.05, 3.63) is 94.0 Å². The summed E-state index contributed by atoms with van der Waals surface area (Å²) in [6, 6.07) is 18.6. The van der Waals surface area contributed by atoms with E-state index in [0.717, 1.165) is 46.7 Å².